The van der Waals surface area contributed by atoms with Crippen LogP contribution in [0.5, 0.6) is 0 Å². The number of alkyl halides is 11. The van der Waals surface area contributed by atoms with Gasteiger partial charge in [-0.25, -0.2) is 76.2 Å². The first-order valence-corrected chi connectivity index (χ1v) is 36.3. The minimum Gasteiger partial charge on any atom is -0.478 e. The molecule has 6 heterocycles. The molecule has 1 aliphatic carbocycles. The molecule has 121 heavy (non-hydrogen) atoms. The maximum absolute atomic E-state index is 13.4. The number of carboxylic acids is 6. The SMILES string of the molecule is Cc1nc2cc(C(=O)O)ccc2n1-c1ccc(C(F)(F)F)cc1.Cc1nc2cc(C(=O)O)ccc2n1-c1ccc(F)c(F)c1.Cc1nc2cc(C(=O)O)ccc2n1-c1ccccc1.Cc1nc2cc(C(=O)O)ccc2n1C1CCC(F)(F)CC1.Cc1nc2cc(C(=O)O)ccc2n1CC(F)(F)F.Cc1nc2cc(C(=O)O)ccc2n1CCC(F)(F)F. The molecule has 6 aromatic heterocycles. The number of nitrogens with zero attached hydrogens (tertiary/aromatic N) is 12. The molecule has 15 aromatic rings. The van der Waals surface area contributed by atoms with E-state index in [0.717, 1.165) is 57.2 Å². The molecule has 628 valence electrons. The Hall–Kier alpha value is -14.3. The quantitative estimate of drug-likeness (QED) is 0.0584. The van der Waals surface area contributed by atoms with Crippen molar-refractivity contribution in [3.8, 4) is 17.1 Å². The molecule has 1 fully saturated rings. The highest BCUT2D eigenvalue weighted by Crippen LogP contribution is 2.41. The minimum absolute atomic E-state index is 0.000779. The van der Waals surface area contributed by atoms with Crippen LogP contribution in [0.4, 0.5) is 57.1 Å². The largest absolute Gasteiger partial charge is 0.478 e. The van der Waals surface area contributed by atoms with Gasteiger partial charge < -0.3 is 44.3 Å². The highest BCUT2D eigenvalue weighted by Gasteiger charge is 2.37. The van der Waals surface area contributed by atoms with E-state index in [0.29, 0.717) is 85.8 Å². The summed E-state index contributed by atoms with van der Waals surface area (Å²) in [5.74, 6) is -7.38. The first kappa shape index (κ1) is 87.5. The lowest BCUT2D eigenvalue weighted by Crippen LogP contribution is -2.26. The molecule has 1 saturated carbocycles. The molecule has 0 saturated heterocycles. The third-order valence-corrected chi connectivity index (χ3v) is 19.3. The molecule has 37 heteroatoms. The molecule has 16 rings (SSSR count). The number of fused-ring (bicyclic) bond motifs is 6. The van der Waals surface area contributed by atoms with Crippen LogP contribution in [0.2, 0.25) is 0 Å². The molecule has 6 N–H and O–H groups in total. The van der Waals surface area contributed by atoms with E-state index in [1.165, 1.54) is 102 Å². The lowest BCUT2D eigenvalue weighted by Gasteiger charge is -2.30. The Morgan fingerprint density at radius 1 is 0.364 bits per heavy atom. The summed E-state index contributed by atoms with van der Waals surface area (Å²) in [6, 6.07) is 45.0. The van der Waals surface area contributed by atoms with E-state index in [1.54, 1.807) is 66.3 Å². The Morgan fingerprint density at radius 2 is 0.686 bits per heavy atom. The van der Waals surface area contributed by atoms with E-state index in [1.807, 2.05) is 53.3 Å². The van der Waals surface area contributed by atoms with Gasteiger partial charge >= 0.3 is 54.3 Å². The molecule has 0 radical (unpaired) electrons. The van der Waals surface area contributed by atoms with Crippen molar-refractivity contribution in [1.82, 2.24) is 57.3 Å². The Balaban J connectivity index is 0.000000142. The summed E-state index contributed by atoms with van der Waals surface area (Å²) < 4.78 is 175. The maximum atomic E-state index is 13.4. The van der Waals surface area contributed by atoms with Crippen LogP contribution in [0.25, 0.3) is 83.3 Å². The van der Waals surface area contributed by atoms with Crippen LogP contribution < -0.4 is 0 Å². The van der Waals surface area contributed by atoms with Gasteiger partial charge in [-0.3, -0.25) is 13.7 Å². The third-order valence-electron chi connectivity index (χ3n) is 19.3. The molecular weight excluding hydrogens is 1620 g/mol. The van der Waals surface area contributed by atoms with Crippen molar-refractivity contribution in [2.24, 2.45) is 0 Å². The molecule has 0 spiro atoms. The molecule has 9 aromatic carbocycles. The number of carbonyl (C=O) groups is 6. The summed E-state index contributed by atoms with van der Waals surface area (Å²) in [6.45, 7) is 8.84. The van der Waals surface area contributed by atoms with Crippen LogP contribution in [0.1, 0.15) is 141 Å². The monoisotopic (exact) mass is 1680 g/mol. The number of hydrogen-bond acceptors (Lipinski definition) is 12. The Kier molecular flexibility index (Phi) is 25.4. The van der Waals surface area contributed by atoms with Crippen molar-refractivity contribution >= 4 is 102 Å². The summed E-state index contributed by atoms with van der Waals surface area (Å²) in [7, 11) is 0. The van der Waals surface area contributed by atoms with Crippen molar-refractivity contribution in [2.45, 2.75) is 117 Å². The Morgan fingerprint density at radius 3 is 1.06 bits per heavy atom. The smallest absolute Gasteiger partial charge is 0.416 e. The zero-order valence-electron chi connectivity index (χ0n) is 64.3. The molecule has 1 aliphatic rings. The second-order valence-electron chi connectivity index (χ2n) is 27.7. The van der Waals surface area contributed by atoms with Gasteiger partial charge in [-0.05, 0) is 212 Å². The van der Waals surface area contributed by atoms with Crippen molar-refractivity contribution in [2.75, 3.05) is 0 Å². The second-order valence-corrected chi connectivity index (χ2v) is 27.7. The predicted octanol–water partition coefficient (Wildman–Crippen LogP) is 19.8. The lowest BCUT2D eigenvalue weighted by molar-refractivity contribution is -0.140. The van der Waals surface area contributed by atoms with Crippen molar-refractivity contribution < 1.29 is 116 Å². The average molecular weight is 1690 g/mol. The minimum atomic E-state index is -4.39. The number of halogens is 13. The standard InChI is InChI=1S/C16H11F3N2O2.C15H10F2N2O2.C15H16F2N2O2.C15H12N2O2.C12H11F3N2O2.C11H9F3N2O2/c1-9-20-13-8-10(15(22)23)2-7-14(13)21(9)12-5-3-11(4-6-12)16(17,18)19;1-8-18-13-6-9(15(20)21)2-5-14(13)19(8)10-3-4-11(16)12(17)7-10;1-9-18-12-8-10(14(20)21)2-3-13(12)19(9)11-4-6-15(16,17)7-5-11;1-10-16-13-9-11(15(18)19)7-8-14(13)17(10)12-5-3-2-4-6-12;1-7-16-9-6-8(11(18)19)2-3-10(9)17(7)5-4-12(13,14)15;1-6-15-8-4-7(10(17)18)2-3-9(8)16(6)5-11(12,13)14/h2-8H,1H3,(H,22,23);2-7H,1H3,(H,20,21);2-3,8,11H,4-7H2,1H3,(H,20,21);2-9H,1H3,(H,18,19);2-3,6H,4-5H2,1H3,(H,18,19);2-4H,5H2,1H3,(H,17,18). The van der Waals surface area contributed by atoms with Gasteiger partial charge in [-0.1, -0.05) is 18.2 Å². The fourth-order valence-corrected chi connectivity index (χ4v) is 13.7. The first-order chi connectivity index (χ1) is 56.8. The summed E-state index contributed by atoms with van der Waals surface area (Å²) in [5.41, 5.74) is 8.63. The zero-order chi connectivity index (χ0) is 88.2. The number of para-hydroxylation sites is 1. The number of aromatic nitrogens is 12. The summed E-state index contributed by atoms with van der Waals surface area (Å²) >= 11 is 0. The Labute approximate surface area is 674 Å². The molecule has 0 aliphatic heterocycles. The van der Waals surface area contributed by atoms with Gasteiger partial charge in [0.15, 0.2) is 11.6 Å². The van der Waals surface area contributed by atoms with E-state index in [2.05, 4.69) is 29.9 Å². The Bertz CT molecular complexity index is 6470. The number of aromatic carboxylic acids is 6. The van der Waals surface area contributed by atoms with Crippen molar-refractivity contribution in [3.63, 3.8) is 0 Å². The number of rotatable bonds is 13. The van der Waals surface area contributed by atoms with E-state index in [9.17, 15) is 85.8 Å². The fourth-order valence-electron chi connectivity index (χ4n) is 13.7. The van der Waals surface area contributed by atoms with Crippen LogP contribution in [0.15, 0.2) is 182 Å². The number of benzene rings is 9. The number of imidazole rings is 6. The van der Waals surface area contributed by atoms with Gasteiger partial charge in [0, 0.05) is 42.9 Å². The van der Waals surface area contributed by atoms with Crippen molar-refractivity contribution in [1.29, 1.82) is 0 Å². The van der Waals surface area contributed by atoms with Gasteiger partial charge in [0.2, 0.25) is 5.92 Å². The number of hydrogen-bond donors (Lipinski definition) is 6. The van der Waals surface area contributed by atoms with E-state index in [4.69, 9.17) is 30.6 Å². The van der Waals surface area contributed by atoms with Gasteiger partial charge in [-0.15, -0.1) is 0 Å². The van der Waals surface area contributed by atoms with E-state index in [-0.39, 0.29) is 75.7 Å². The topological polar surface area (TPSA) is 331 Å². The molecule has 0 unspecified atom stereocenters. The van der Waals surface area contributed by atoms with Gasteiger partial charge in [0.05, 0.1) is 117 Å². The zero-order valence-corrected chi connectivity index (χ0v) is 64.3. The van der Waals surface area contributed by atoms with E-state index < -0.39 is 90.4 Å². The highest BCUT2D eigenvalue weighted by atomic mass is 19.4. The average Bonchev–Trinajstić information content (AvgIpc) is 1.65. The highest BCUT2D eigenvalue weighted by molar-refractivity contribution is 5.97. The third kappa shape index (κ3) is 20.5. The number of carboxylic acid groups (broad SMARTS) is 6. The lowest BCUT2D eigenvalue weighted by atomic mass is 9.92. The first-order valence-electron chi connectivity index (χ1n) is 36.3. The van der Waals surface area contributed by atoms with Crippen LogP contribution in [0.3, 0.4) is 0 Å². The predicted molar refractivity (Wildman–Crippen MR) is 417 cm³/mol. The van der Waals surface area contributed by atoms with Crippen molar-refractivity contribution in [3.05, 3.63) is 268 Å². The maximum Gasteiger partial charge on any atom is 0.416 e. The molecule has 24 nitrogen and oxygen atoms in total. The number of aryl methyl sites for hydroxylation is 7. The summed E-state index contributed by atoms with van der Waals surface area (Å²) in [4.78, 5) is 90.9. The molecular formula is C84H69F13N12O12. The second kappa shape index (κ2) is 35.1. The van der Waals surface area contributed by atoms with Crippen LogP contribution in [-0.2, 0) is 19.3 Å². The van der Waals surface area contributed by atoms with Gasteiger partial charge in [-0.2, -0.15) is 39.5 Å². The van der Waals surface area contributed by atoms with Crippen LogP contribution in [-0.4, -0.2) is 142 Å². The van der Waals surface area contributed by atoms with Gasteiger partial charge in [0.1, 0.15) is 41.5 Å². The van der Waals surface area contributed by atoms with Gasteiger partial charge in [0.25, 0.3) is 0 Å². The normalized spacial score (nSPS) is 12.8. The molecule has 0 bridgehead atoms. The van der Waals surface area contributed by atoms with Crippen LogP contribution in [0, 0.1) is 53.2 Å². The molecule has 0 amide bonds. The molecule has 0 atom stereocenters. The summed E-state index contributed by atoms with van der Waals surface area (Å²) in [5, 5.41) is 53.6. The fraction of sp³-hybridized carbons (Fsp3) is 0.214. The van der Waals surface area contributed by atoms with Crippen LogP contribution >= 0.6 is 0 Å². The van der Waals surface area contributed by atoms with E-state index >= 15 is 0 Å². The summed E-state index contributed by atoms with van der Waals surface area (Å²) in [6.07, 6.45) is -13.3.